The molecule has 0 spiro atoms. The topological polar surface area (TPSA) is 111 Å². The number of hydrogen-bond donors (Lipinski definition) is 3. The highest BCUT2D eigenvalue weighted by Gasteiger charge is 2.24. The van der Waals surface area contributed by atoms with Crippen LogP contribution in [0.25, 0.3) is 0 Å². The highest BCUT2D eigenvalue weighted by Crippen LogP contribution is 1.98. The minimum absolute atomic E-state index is 0.0497. The number of nitrogens with two attached hydrogens (primary N) is 1. The second-order valence-corrected chi connectivity index (χ2v) is 5.18. The summed E-state index contributed by atoms with van der Waals surface area (Å²) >= 11 is 0. The fourth-order valence-electron chi connectivity index (χ4n) is 1.28. The van der Waals surface area contributed by atoms with E-state index in [1.165, 1.54) is 0 Å². The molecule has 0 aromatic heterocycles. The van der Waals surface area contributed by atoms with Crippen LogP contribution in [0.1, 0.15) is 40.5 Å². The van der Waals surface area contributed by atoms with Crippen LogP contribution in [0, 0.1) is 5.92 Å². The van der Waals surface area contributed by atoms with E-state index >= 15 is 0 Å². The molecule has 7 heteroatoms. The van der Waals surface area contributed by atoms with Crippen LogP contribution in [0.4, 0.5) is 4.79 Å². The Morgan fingerprint density at radius 1 is 1.15 bits per heavy atom. The van der Waals surface area contributed by atoms with Gasteiger partial charge in [-0.25, -0.2) is 4.79 Å². The monoisotopic (exact) mass is 287 g/mol. The van der Waals surface area contributed by atoms with E-state index in [2.05, 4.69) is 10.6 Å². The standard InChI is InChI=1S/C13H25N3O4/c1-5-9(4)15-12(18)10(6-11(14)17)16-13(19)20-7-8(2)3/h8-10H,5-7H2,1-4H3,(H2,14,17)(H,15,18)(H,16,19)/t9-,10-/m0/s1. The lowest BCUT2D eigenvalue weighted by Crippen LogP contribution is -2.50. The normalized spacial score (nSPS) is 13.4. The number of carbonyl (C=O) groups is 3. The molecule has 0 rings (SSSR count). The molecule has 2 atom stereocenters. The van der Waals surface area contributed by atoms with Crippen molar-refractivity contribution in [1.29, 1.82) is 0 Å². The molecular formula is C13H25N3O4. The zero-order valence-corrected chi connectivity index (χ0v) is 12.6. The molecule has 0 bridgehead atoms. The third kappa shape index (κ3) is 8.34. The van der Waals surface area contributed by atoms with Crippen LogP contribution >= 0.6 is 0 Å². The maximum atomic E-state index is 11.9. The summed E-state index contributed by atoms with van der Waals surface area (Å²) in [7, 11) is 0. The first-order chi connectivity index (χ1) is 9.26. The lowest BCUT2D eigenvalue weighted by atomic mass is 10.1. The Kier molecular flexibility index (Phi) is 8.35. The Bertz CT molecular complexity index is 345. The summed E-state index contributed by atoms with van der Waals surface area (Å²) in [6.07, 6.45) is -0.254. The van der Waals surface area contributed by atoms with Gasteiger partial charge in [0.1, 0.15) is 6.04 Å². The number of primary amides is 1. The molecule has 7 nitrogen and oxygen atoms in total. The second-order valence-electron chi connectivity index (χ2n) is 5.18. The summed E-state index contributed by atoms with van der Waals surface area (Å²) in [6, 6.07) is -1.06. The molecule has 0 aromatic rings. The second kappa shape index (κ2) is 9.17. The molecule has 3 amide bonds. The van der Waals surface area contributed by atoms with Crippen LogP contribution in [0.3, 0.4) is 0 Å². The van der Waals surface area contributed by atoms with Crippen molar-refractivity contribution < 1.29 is 19.1 Å². The summed E-state index contributed by atoms with van der Waals surface area (Å²) < 4.78 is 4.91. The van der Waals surface area contributed by atoms with Crippen molar-refractivity contribution in [2.24, 2.45) is 11.7 Å². The van der Waals surface area contributed by atoms with Crippen LogP contribution in [-0.2, 0) is 14.3 Å². The third-order valence-electron chi connectivity index (χ3n) is 2.56. The third-order valence-corrected chi connectivity index (χ3v) is 2.56. The first-order valence-corrected chi connectivity index (χ1v) is 6.78. The Balaban J connectivity index is 4.51. The van der Waals surface area contributed by atoms with Crippen LogP contribution in [0.5, 0.6) is 0 Å². The first-order valence-electron chi connectivity index (χ1n) is 6.78. The molecule has 0 radical (unpaired) electrons. The Labute approximate surface area is 119 Å². The number of hydrogen-bond acceptors (Lipinski definition) is 4. The van der Waals surface area contributed by atoms with Crippen LogP contribution in [0.15, 0.2) is 0 Å². The number of carbonyl (C=O) groups excluding carboxylic acids is 3. The molecule has 0 unspecified atom stereocenters. The summed E-state index contributed by atoms with van der Waals surface area (Å²) in [4.78, 5) is 34.4. The van der Waals surface area contributed by atoms with Gasteiger partial charge < -0.3 is 21.1 Å². The zero-order valence-electron chi connectivity index (χ0n) is 12.6. The maximum absolute atomic E-state index is 11.9. The van der Waals surface area contributed by atoms with Crippen molar-refractivity contribution in [1.82, 2.24) is 10.6 Å². The van der Waals surface area contributed by atoms with Crippen molar-refractivity contribution >= 4 is 17.9 Å². The van der Waals surface area contributed by atoms with Gasteiger partial charge in [-0.05, 0) is 19.3 Å². The van der Waals surface area contributed by atoms with E-state index in [0.29, 0.717) is 0 Å². The Morgan fingerprint density at radius 2 is 1.75 bits per heavy atom. The number of ether oxygens (including phenoxy) is 1. The predicted octanol–water partition coefficient (Wildman–Crippen LogP) is 0.527. The fourth-order valence-corrected chi connectivity index (χ4v) is 1.28. The van der Waals surface area contributed by atoms with Gasteiger partial charge in [-0.3, -0.25) is 9.59 Å². The van der Waals surface area contributed by atoms with E-state index < -0.39 is 23.9 Å². The smallest absolute Gasteiger partial charge is 0.407 e. The quantitative estimate of drug-likeness (QED) is 0.604. The minimum atomic E-state index is -1.01. The number of rotatable bonds is 8. The van der Waals surface area contributed by atoms with Crippen LogP contribution in [-0.4, -0.2) is 36.6 Å². The van der Waals surface area contributed by atoms with E-state index in [-0.39, 0.29) is 25.0 Å². The van der Waals surface area contributed by atoms with Gasteiger partial charge in [0.25, 0.3) is 0 Å². The van der Waals surface area contributed by atoms with Gasteiger partial charge in [0.2, 0.25) is 11.8 Å². The predicted molar refractivity (Wildman–Crippen MR) is 74.8 cm³/mol. The molecule has 0 aliphatic heterocycles. The molecule has 4 N–H and O–H groups in total. The molecule has 0 fully saturated rings. The maximum Gasteiger partial charge on any atom is 0.407 e. The van der Waals surface area contributed by atoms with E-state index in [1.54, 1.807) is 0 Å². The highest BCUT2D eigenvalue weighted by atomic mass is 16.5. The summed E-state index contributed by atoms with van der Waals surface area (Å²) in [5.41, 5.74) is 5.08. The molecule has 0 saturated carbocycles. The van der Waals surface area contributed by atoms with Gasteiger partial charge in [-0.1, -0.05) is 20.8 Å². The van der Waals surface area contributed by atoms with Gasteiger partial charge >= 0.3 is 6.09 Å². The number of amides is 3. The SMILES string of the molecule is CC[C@H](C)NC(=O)[C@H](CC(N)=O)NC(=O)OCC(C)C. The van der Waals surface area contributed by atoms with Gasteiger partial charge in [-0.2, -0.15) is 0 Å². The van der Waals surface area contributed by atoms with Gasteiger partial charge in [0.15, 0.2) is 0 Å². The Morgan fingerprint density at radius 3 is 2.20 bits per heavy atom. The minimum Gasteiger partial charge on any atom is -0.449 e. The first kappa shape index (κ1) is 18.2. The molecule has 0 aliphatic carbocycles. The van der Waals surface area contributed by atoms with E-state index in [1.807, 2.05) is 27.7 Å². The van der Waals surface area contributed by atoms with Crippen molar-refractivity contribution in [3.63, 3.8) is 0 Å². The largest absolute Gasteiger partial charge is 0.449 e. The molecule has 0 aliphatic rings. The van der Waals surface area contributed by atoms with Gasteiger partial charge in [0.05, 0.1) is 13.0 Å². The summed E-state index contributed by atoms with van der Waals surface area (Å²) in [5.74, 6) is -0.928. The molecule has 0 saturated heterocycles. The zero-order chi connectivity index (χ0) is 15.7. The average Bonchev–Trinajstić information content (AvgIpc) is 2.34. The van der Waals surface area contributed by atoms with Gasteiger partial charge in [-0.15, -0.1) is 0 Å². The van der Waals surface area contributed by atoms with E-state index in [9.17, 15) is 14.4 Å². The molecule has 20 heavy (non-hydrogen) atoms. The Hall–Kier alpha value is -1.79. The van der Waals surface area contributed by atoms with Crippen molar-refractivity contribution in [2.45, 2.75) is 52.6 Å². The molecule has 0 heterocycles. The fraction of sp³-hybridized carbons (Fsp3) is 0.769. The molecule has 116 valence electrons. The summed E-state index contributed by atoms with van der Waals surface area (Å²) in [6.45, 7) is 7.77. The van der Waals surface area contributed by atoms with Crippen LogP contribution < -0.4 is 16.4 Å². The average molecular weight is 287 g/mol. The lowest BCUT2D eigenvalue weighted by molar-refractivity contribution is -0.127. The summed E-state index contributed by atoms with van der Waals surface area (Å²) in [5, 5.41) is 5.05. The molecular weight excluding hydrogens is 262 g/mol. The number of nitrogens with one attached hydrogen (secondary N) is 2. The molecule has 0 aromatic carbocycles. The number of alkyl carbamates (subject to hydrolysis) is 1. The van der Waals surface area contributed by atoms with Crippen molar-refractivity contribution in [3.8, 4) is 0 Å². The van der Waals surface area contributed by atoms with E-state index in [4.69, 9.17) is 10.5 Å². The van der Waals surface area contributed by atoms with Crippen LogP contribution in [0.2, 0.25) is 0 Å². The van der Waals surface area contributed by atoms with Crippen molar-refractivity contribution in [2.75, 3.05) is 6.61 Å². The van der Waals surface area contributed by atoms with Gasteiger partial charge in [0, 0.05) is 6.04 Å². The van der Waals surface area contributed by atoms with E-state index in [0.717, 1.165) is 6.42 Å². The van der Waals surface area contributed by atoms with Crippen molar-refractivity contribution in [3.05, 3.63) is 0 Å². The highest BCUT2D eigenvalue weighted by molar-refractivity contribution is 5.90. The lowest BCUT2D eigenvalue weighted by Gasteiger charge is -2.20.